The average molecular weight is 351 g/mol. The minimum Gasteiger partial charge on any atom is -0.497 e. The molecule has 0 saturated heterocycles. The van der Waals surface area contributed by atoms with Gasteiger partial charge < -0.3 is 10.1 Å². The zero-order valence-electron chi connectivity index (χ0n) is 14.9. The van der Waals surface area contributed by atoms with Crippen molar-refractivity contribution in [1.82, 2.24) is 14.9 Å². The fourth-order valence-corrected chi connectivity index (χ4v) is 2.74. The maximum absolute atomic E-state index is 12.4. The predicted octanol–water partition coefficient (Wildman–Crippen LogP) is 2.19. The lowest BCUT2D eigenvalue weighted by molar-refractivity contribution is -0.121. The molecule has 0 aliphatic heterocycles. The van der Waals surface area contributed by atoms with Gasteiger partial charge in [-0.15, -0.1) is 0 Å². The van der Waals surface area contributed by atoms with Crippen LogP contribution in [-0.4, -0.2) is 22.6 Å². The molecule has 3 rings (SSSR count). The van der Waals surface area contributed by atoms with Crippen LogP contribution in [0.3, 0.4) is 0 Å². The molecule has 1 aromatic heterocycles. The van der Waals surface area contributed by atoms with Crippen LogP contribution in [0, 0.1) is 0 Å². The Bertz CT molecular complexity index is 978. The number of nitrogens with zero attached hydrogens (tertiary/aromatic N) is 2. The molecule has 1 amide bonds. The Hall–Kier alpha value is -3.15. The van der Waals surface area contributed by atoms with Crippen molar-refractivity contribution in [1.29, 1.82) is 0 Å². The maximum Gasteiger partial charge on any atom is 0.261 e. The number of hydrogen-bond acceptors (Lipinski definition) is 4. The molecule has 0 aliphatic carbocycles. The van der Waals surface area contributed by atoms with Gasteiger partial charge in [0.25, 0.3) is 5.56 Å². The lowest BCUT2D eigenvalue weighted by atomic mass is 10.1. The fraction of sp³-hybridized carbons (Fsp3) is 0.250. The molecule has 3 aromatic rings. The summed E-state index contributed by atoms with van der Waals surface area (Å²) in [5.74, 6) is 1.25. The Balaban J connectivity index is 1.61. The first-order valence-electron chi connectivity index (χ1n) is 8.43. The monoisotopic (exact) mass is 351 g/mol. The number of methoxy groups -OCH3 is 1. The number of carbonyl (C=O) groups is 1. The number of rotatable bonds is 6. The summed E-state index contributed by atoms with van der Waals surface area (Å²) in [4.78, 5) is 29.0. The average Bonchev–Trinajstić information content (AvgIpc) is 2.68. The van der Waals surface area contributed by atoms with Crippen molar-refractivity contribution in [2.24, 2.45) is 7.05 Å². The van der Waals surface area contributed by atoms with E-state index < -0.39 is 0 Å². The minimum atomic E-state index is -0.113. The number of aryl methyl sites for hydroxylation is 1. The topological polar surface area (TPSA) is 73.2 Å². The van der Waals surface area contributed by atoms with Gasteiger partial charge in [-0.25, -0.2) is 4.98 Å². The van der Waals surface area contributed by atoms with Gasteiger partial charge in [-0.1, -0.05) is 24.3 Å². The van der Waals surface area contributed by atoms with Gasteiger partial charge in [0.2, 0.25) is 5.91 Å². The van der Waals surface area contributed by atoms with Crippen LogP contribution in [0.2, 0.25) is 0 Å². The molecular weight excluding hydrogens is 330 g/mol. The summed E-state index contributed by atoms with van der Waals surface area (Å²) in [7, 11) is 3.29. The number of amides is 1. The van der Waals surface area contributed by atoms with Crippen molar-refractivity contribution < 1.29 is 9.53 Å². The van der Waals surface area contributed by atoms with Crippen molar-refractivity contribution in [2.45, 2.75) is 19.4 Å². The van der Waals surface area contributed by atoms with Crippen LogP contribution in [0.15, 0.2) is 53.3 Å². The highest BCUT2D eigenvalue weighted by Gasteiger charge is 2.09. The molecule has 134 valence electrons. The smallest absolute Gasteiger partial charge is 0.261 e. The van der Waals surface area contributed by atoms with Gasteiger partial charge in [0.05, 0.1) is 24.6 Å². The number of ether oxygens (including phenoxy) is 1. The SMILES string of the molecule is COc1ccc(CCC(=O)NCc2nc3ccccc3c(=O)n2C)cc1. The quantitative estimate of drug-likeness (QED) is 0.739. The second kappa shape index (κ2) is 7.82. The second-order valence-electron chi connectivity index (χ2n) is 6.03. The summed E-state index contributed by atoms with van der Waals surface area (Å²) in [6.07, 6.45) is 1.01. The molecular formula is C20H21N3O3. The van der Waals surface area contributed by atoms with E-state index in [9.17, 15) is 9.59 Å². The Morgan fingerprint density at radius 2 is 1.88 bits per heavy atom. The number of fused-ring (bicyclic) bond motifs is 1. The van der Waals surface area contributed by atoms with E-state index in [1.54, 1.807) is 26.3 Å². The summed E-state index contributed by atoms with van der Waals surface area (Å²) in [5.41, 5.74) is 1.59. The molecule has 6 nitrogen and oxygen atoms in total. The van der Waals surface area contributed by atoms with Gasteiger partial charge in [0.1, 0.15) is 11.6 Å². The number of nitrogens with one attached hydrogen (secondary N) is 1. The Labute approximate surface area is 151 Å². The number of para-hydroxylation sites is 1. The van der Waals surface area contributed by atoms with Gasteiger partial charge in [0.15, 0.2) is 0 Å². The van der Waals surface area contributed by atoms with E-state index in [1.807, 2.05) is 36.4 Å². The summed E-state index contributed by atoms with van der Waals surface area (Å²) in [6, 6.07) is 14.8. The van der Waals surface area contributed by atoms with Crippen LogP contribution < -0.4 is 15.6 Å². The first kappa shape index (κ1) is 17.7. The van der Waals surface area contributed by atoms with Crippen LogP contribution in [0.5, 0.6) is 5.75 Å². The Kier molecular flexibility index (Phi) is 5.31. The van der Waals surface area contributed by atoms with Crippen molar-refractivity contribution in [3.63, 3.8) is 0 Å². The van der Waals surface area contributed by atoms with Crippen LogP contribution in [-0.2, 0) is 24.8 Å². The molecule has 0 atom stereocenters. The highest BCUT2D eigenvalue weighted by Crippen LogP contribution is 2.12. The van der Waals surface area contributed by atoms with Crippen LogP contribution >= 0.6 is 0 Å². The molecule has 0 spiro atoms. The number of hydrogen-bond donors (Lipinski definition) is 1. The highest BCUT2D eigenvalue weighted by atomic mass is 16.5. The van der Waals surface area contributed by atoms with Gasteiger partial charge in [-0.3, -0.25) is 14.2 Å². The standard InChI is InChI=1S/C20H21N3O3/c1-23-18(22-17-6-4-3-5-16(17)20(23)25)13-21-19(24)12-9-14-7-10-15(26-2)11-8-14/h3-8,10-11H,9,12-13H2,1-2H3,(H,21,24). The second-order valence-corrected chi connectivity index (χ2v) is 6.03. The zero-order chi connectivity index (χ0) is 18.5. The molecule has 1 heterocycles. The van der Waals surface area contributed by atoms with E-state index in [4.69, 9.17) is 4.74 Å². The van der Waals surface area contributed by atoms with Gasteiger partial charge in [-0.2, -0.15) is 0 Å². The Morgan fingerprint density at radius 3 is 2.62 bits per heavy atom. The maximum atomic E-state index is 12.4. The molecule has 0 aliphatic rings. The van der Waals surface area contributed by atoms with Crippen molar-refractivity contribution in [3.8, 4) is 5.75 Å². The van der Waals surface area contributed by atoms with Crippen LogP contribution in [0.1, 0.15) is 17.8 Å². The molecule has 0 bridgehead atoms. The number of carbonyl (C=O) groups excluding carboxylic acids is 1. The fourth-order valence-electron chi connectivity index (χ4n) is 2.74. The highest BCUT2D eigenvalue weighted by molar-refractivity contribution is 5.78. The molecule has 0 radical (unpaired) electrons. The van der Waals surface area contributed by atoms with Gasteiger partial charge >= 0.3 is 0 Å². The van der Waals surface area contributed by atoms with Crippen molar-refractivity contribution >= 4 is 16.8 Å². The van der Waals surface area contributed by atoms with Crippen LogP contribution in [0.4, 0.5) is 0 Å². The van der Waals surface area contributed by atoms with Gasteiger partial charge in [-0.05, 0) is 36.2 Å². The van der Waals surface area contributed by atoms with E-state index in [-0.39, 0.29) is 18.0 Å². The largest absolute Gasteiger partial charge is 0.497 e. The minimum absolute atomic E-state index is 0.0803. The summed E-state index contributed by atoms with van der Waals surface area (Å²) in [5, 5.41) is 3.41. The van der Waals surface area contributed by atoms with Crippen molar-refractivity contribution in [2.75, 3.05) is 7.11 Å². The van der Waals surface area contributed by atoms with E-state index in [2.05, 4.69) is 10.3 Å². The molecule has 1 N–H and O–H groups in total. The summed E-state index contributed by atoms with van der Waals surface area (Å²) >= 11 is 0. The van der Waals surface area contributed by atoms with E-state index >= 15 is 0 Å². The third-order valence-corrected chi connectivity index (χ3v) is 4.32. The third kappa shape index (κ3) is 3.91. The molecule has 26 heavy (non-hydrogen) atoms. The first-order chi connectivity index (χ1) is 12.6. The summed E-state index contributed by atoms with van der Waals surface area (Å²) < 4.78 is 6.60. The van der Waals surface area contributed by atoms with E-state index in [1.165, 1.54) is 4.57 Å². The van der Waals surface area contributed by atoms with Crippen LogP contribution in [0.25, 0.3) is 10.9 Å². The van der Waals surface area contributed by atoms with E-state index in [0.717, 1.165) is 11.3 Å². The van der Waals surface area contributed by atoms with E-state index in [0.29, 0.717) is 29.6 Å². The lowest BCUT2D eigenvalue weighted by Gasteiger charge is -2.10. The van der Waals surface area contributed by atoms with Gasteiger partial charge in [0, 0.05) is 13.5 Å². The normalized spacial score (nSPS) is 10.7. The first-order valence-corrected chi connectivity index (χ1v) is 8.43. The molecule has 0 unspecified atom stereocenters. The summed E-state index contributed by atoms with van der Waals surface area (Å²) in [6.45, 7) is 0.220. The lowest BCUT2D eigenvalue weighted by Crippen LogP contribution is -2.29. The molecule has 0 fully saturated rings. The van der Waals surface area contributed by atoms with Crippen molar-refractivity contribution in [3.05, 3.63) is 70.3 Å². The number of aromatic nitrogens is 2. The predicted molar refractivity (Wildman–Crippen MR) is 100 cm³/mol. The number of benzene rings is 2. The molecule has 2 aromatic carbocycles. The zero-order valence-corrected chi connectivity index (χ0v) is 14.9. The molecule has 0 saturated carbocycles. The molecule has 6 heteroatoms. The Morgan fingerprint density at radius 1 is 1.15 bits per heavy atom. The third-order valence-electron chi connectivity index (χ3n) is 4.32.